The van der Waals surface area contributed by atoms with Crippen LogP contribution in [0.5, 0.6) is 0 Å². The quantitative estimate of drug-likeness (QED) is 0.618. The van der Waals surface area contributed by atoms with Crippen LogP contribution in [-0.4, -0.2) is 15.3 Å². The summed E-state index contributed by atoms with van der Waals surface area (Å²) in [6.45, 7) is 0. The topological polar surface area (TPSA) is 72.7 Å². The van der Waals surface area contributed by atoms with Crippen molar-refractivity contribution in [3.8, 4) is 6.07 Å². The summed E-state index contributed by atoms with van der Waals surface area (Å²) in [4.78, 5) is 0. The van der Waals surface area contributed by atoms with E-state index in [9.17, 15) is 0 Å². The molecule has 1 atom stereocenters. The molecular weight excluding hydrogens is 130 g/mol. The number of rotatable bonds is 2. The van der Waals surface area contributed by atoms with Crippen molar-refractivity contribution in [2.24, 2.45) is 0 Å². The highest BCUT2D eigenvalue weighted by molar-refractivity contribution is 5.03. The van der Waals surface area contributed by atoms with Crippen molar-refractivity contribution in [1.82, 2.24) is 10.2 Å². The van der Waals surface area contributed by atoms with Gasteiger partial charge in [-0.25, -0.2) is 0 Å². The Morgan fingerprint density at radius 2 is 2.70 bits per heavy atom. The summed E-state index contributed by atoms with van der Waals surface area (Å²) >= 11 is 0. The number of aliphatic hydroxyl groups excluding tert-OH is 1. The minimum atomic E-state index is -0.729. The van der Waals surface area contributed by atoms with Gasteiger partial charge in [-0.2, -0.15) is 10.4 Å². The predicted octanol–water partition coefficient (Wildman–Crippen LogP) is 0.357. The van der Waals surface area contributed by atoms with Crippen molar-refractivity contribution < 1.29 is 5.11 Å². The van der Waals surface area contributed by atoms with E-state index in [0.29, 0.717) is 5.69 Å². The predicted molar refractivity (Wildman–Crippen MR) is 33.8 cm³/mol. The van der Waals surface area contributed by atoms with Gasteiger partial charge in [0.15, 0.2) is 0 Å². The van der Waals surface area contributed by atoms with Crippen LogP contribution in [0.25, 0.3) is 0 Å². The minimum Gasteiger partial charge on any atom is -0.386 e. The zero-order chi connectivity index (χ0) is 7.40. The second-order valence-corrected chi connectivity index (χ2v) is 1.89. The third-order valence-electron chi connectivity index (χ3n) is 1.17. The monoisotopic (exact) mass is 137 g/mol. The first-order chi connectivity index (χ1) is 4.84. The van der Waals surface area contributed by atoms with E-state index in [-0.39, 0.29) is 6.42 Å². The lowest BCUT2D eigenvalue weighted by atomic mass is 10.2. The molecule has 0 aliphatic carbocycles. The fourth-order valence-electron chi connectivity index (χ4n) is 0.649. The summed E-state index contributed by atoms with van der Waals surface area (Å²) in [6, 6.07) is 3.50. The molecule has 0 saturated heterocycles. The molecule has 0 radical (unpaired) electrons. The zero-order valence-corrected chi connectivity index (χ0v) is 5.28. The lowest BCUT2D eigenvalue weighted by Crippen LogP contribution is -1.95. The van der Waals surface area contributed by atoms with Gasteiger partial charge >= 0.3 is 0 Å². The minimum absolute atomic E-state index is 0.0994. The molecule has 2 N–H and O–H groups in total. The van der Waals surface area contributed by atoms with Gasteiger partial charge in [-0.1, -0.05) is 0 Å². The number of H-pyrrole nitrogens is 1. The number of nitrogens with zero attached hydrogens (tertiary/aromatic N) is 2. The van der Waals surface area contributed by atoms with Gasteiger partial charge in [0.25, 0.3) is 0 Å². The lowest BCUT2D eigenvalue weighted by molar-refractivity contribution is 0.178. The van der Waals surface area contributed by atoms with Crippen LogP contribution in [0, 0.1) is 11.3 Å². The molecule has 0 amide bonds. The number of aromatic nitrogens is 2. The highest BCUT2D eigenvalue weighted by Gasteiger charge is 2.06. The van der Waals surface area contributed by atoms with Gasteiger partial charge in [0.05, 0.1) is 18.2 Å². The van der Waals surface area contributed by atoms with Crippen molar-refractivity contribution >= 4 is 0 Å². The Kier molecular flexibility index (Phi) is 2.03. The molecule has 0 bridgehead atoms. The number of nitrogens with one attached hydrogen (secondary N) is 1. The van der Waals surface area contributed by atoms with Crippen molar-refractivity contribution in [3.05, 3.63) is 18.0 Å². The van der Waals surface area contributed by atoms with Crippen LogP contribution in [0.3, 0.4) is 0 Å². The number of nitriles is 1. The molecule has 1 aromatic heterocycles. The van der Waals surface area contributed by atoms with Crippen LogP contribution in [0.2, 0.25) is 0 Å². The molecule has 1 aromatic rings. The Bertz CT molecular complexity index is 224. The molecular formula is C6H7N3O. The van der Waals surface area contributed by atoms with E-state index in [0.717, 1.165) is 0 Å². The first-order valence-electron chi connectivity index (χ1n) is 2.89. The van der Waals surface area contributed by atoms with E-state index in [2.05, 4.69) is 10.2 Å². The maximum Gasteiger partial charge on any atom is 0.108 e. The smallest absolute Gasteiger partial charge is 0.108 e. The SMILES string of the molecule is N#CCC(O)c1ccn[nH]1. The summed E-state index contributed by atoms with van der Waals surface area (Å²) in [5.74, 6) is 0. The molecule has 4 heteroatoms. The average molecular weight is 137 g/mol. The summed E-state index contributed by atoms with van der Waals surface area (Å²) < 4.78 is 0. The highest BCUT2D eigenvalue weighted by Crippen LogP contribution is 2.10. The lowest BCUT2D eigenvalue weighted by Gasteiger charge is -1.99. The van der Waals surface area contributed by atoms with Crippen LogP contribution >= 0.6 is 0 Å². The molecule has 0 fully saturated rings. The summed E-state index contributed by atoms with van der Waals surface area (Å²) in [5, 5.41) is 23.5. The second-order valence-electron chi connectivity index (χ2n) is 1.89. The fourth-order valence-corrected chi connectivity index (χ4v) is 0.649. The summed E-state index contributed by atoms with van der Waals surface area (Å²) in [5.41, 5.74) is 0.585. The van der Waals surface area contributed by atoms with Crippen molar-refractivity contribution in [3.63, 3.8) is 0 Å². The second kappa shape index (κ2) is 2.99. The van der Waals surface area contributed by atoms with Gasteiger partial charge in [-0.05, 0) is 6.07 Å². The largest absolute Gasteiger partial charge is 0.386 e. The van der Waals surface area contributed by atoms with E-state index in [1.165, 1.54) is 6.20 Å². The molecule has 0 saturated carbocycles. The van der Waals surface area contributed by atoms with Crippen LogP contribution in [-0.2, 0) is 0 Å². The van der Waals surface area contributed by atoms with Crippen LogP contribution in [0.1, 0.15) is 18.2 Å². The molecule has 0 spiro atoms. The van der Waals surface area contributed by atoms with Crippen LogP contribution < -0.4 is 0 Å². The number of hydrogen-bond acceptors (Lipinski definition) is 3. The third-order valence-corrected chi connectivity index (χ3v) is 1.17. The Morgan fingerprint density at radius 3 is 3.20 bits per heavy atom. The Labute approximate surface area is 58.1 Å². The molecule has 1 unspecified atom stereocenters. The molecule has 10 heavy (non-hydrogen) atoms. The van der Waals surface area contributed by atoms with Crippen LogP contribution in [0.15, 0.2) is 12.3 Å². The Morgan fingerprint density at radius 1 is 1.90 bits per heavy atom. The Balaban J connectivity index is 2.61. The molecule has 4 nitrogen and oxygen atoms in total. The number of aromatic amines is 1. The van der Waals surface area contributed by atoms with E-state index in [1.807, 2.05) is 6.07 Å². The van der Waals surface area contributed by atoms with Gasteiger partial charge in [0.1, 0.15) is 6.10 Å². The van der Waals surface area contributed by atoms with Gasteiger partial charge in [0.2, 0.25) is 0 Å². The molecule has 0 aliphatic rings. The first kappa shape index (κ1) is 6.78. The molecule has 0 aliphatic heterocycles. The average Bonchev–Trinajstić information content (AvgIpc) is 2.38. The summed E-state index contributed by atoms with van der Waals surface area (Å²) in [7, 11) is 0. The fraction of sp³-hybridized carbons (Fsp3) is 0.333. The number of aliphatic hydroxyl groups is 1. The Hall–Kier alpha value is -1.34. The van der Waals surface area contributed by atoms with E-state index in [1.54, 1.807) is 6.07 Å². The van der Waals surface area contributed by atoms with Crippen molar-refractivity contribution in [1.29, 1.82) is 5.26 Å². The van der Waals surface area contributed by atoms with Gasteiger partial charge in [0, 0.05) is 6.20 Å². The van der Waals surface area contributed by atoms with Crippen LogP contribution in [0.4, 0.5) is 0 Å². The standard InChI is InChI=1S/C6H7N3O/c7-3-1-6(10)5-2-4-8-9-5/h2,4,6,10H,1H2,(H,8,9). The first-order valence-corrected chi connectivity index (χ1v) is 2.89. The van der Waals surface area contributed by atoms with Crippen molar-refractivity contribution in [2.45, 2.75) is 12.5 Å². The van der Waals surface area contributed by atoms with E-state index in [4.69, 9.17) is 10.4 Å². The molecule has 1 rings (SSSR count). The normalized spacial score (nSPS) is 12.4. The third kappa shape index (κ3) is 1.33. The van der Waals surface area contributed by atoms with Gasteiger partial charge < -0.3 is 5.11 Å². The van der Waals surface area contributed by atoms with E-state index < -0.39 is 6.10 Å². The molecule has 1 heterocycles. The summed E-state index contributed by atoms with van der Waals surface area (Å²) in [6.07, 6.45) is 0.908. The molecule has 52 valence electrons. The molecule has 0 aromatic carbocycles. The number of hydrogen-bond donors (Lipinski definition) is 2. The maximum atomic E-state index is 9.12. The zero-order valence-electron chi connectivity index (χ0n) is 5.28. The van der Waals surface area contributed by atoms with Crippen molar-refractivity contribution in [2.75, 3.05) is 0 Å². The van der Waals surface area contributed by atoms with Gasteiger partial charge in [-0.15, -0.1) is 0 Å². The van der Waals surface area contributed by atoms with Gasteiger partial charge in [-0.3, -0.25) is 5.10 Å². The highest BCUT2D eigenvalue weighted by atomic mass is 16.3. The maximum absolute atomic E-state index is 9.12. The van der Waals surface area contributed by atoms with E-state index >= 15 is 0 Å².